The van der Waals surface area contributed by atoms with E-state index in [1.54, 1.807) is 14.1 Å². The second-order valence-electron chi connectivity index (χ2n) is 7.17. The van der Waals surface area contributed by atoms with E-state index in [9.17, 15) is 37.8 Å². The molecule has 0 saturated heterocycles. The minimum absolute atomic E-state index is 0.0396. The number of carbonyl (C=O) groups is 2. The van der Waals surface area contributed by atoms with E-state index in [0.29, 0.717) is 6.20 Å². The van der Waals surface area contributed by atoms with Gasteiger partial charge in [0.05, 0.1) is 5.56 Å². The van der Waals surface area contributed by atoms with Gasteiger partial charge in [-0.25, -0.2) is 14.6 Å². The van der Waals surface area contributed by atoms with Crippen molar-refractivity contribution < 1.29 is 33.0 Å². The lowest BCUT2D eigenvalue weighted by Crippen LogP contribution is -2.24. The van der Waals surface area contributed by atoms with E-state index in [1.165, 1.54) is 29.2 Å². The summed E-state index contributed by atoms with van der Waals surface area (Å²) in [5.74, 6) is -3.68. The molecule has 0 aliphatic rings. The quantitative estimate of drug-likeness (QED) is 0.452. The van der Waals surface area contributed by atoms with Gasteiger partial charge in [-0.05, 0) is 23.3 Å². The van der Waals surface area contributed by atoms with Crippen LogP contribution in [0.5, 0.6) is 0 Å². The van der Waals surface area contributed by atoms with E-state index < -0.39 is 51.7 Å². The lowest BCUT2D eigenvalue weighted by atomic mass is 9.92. The molecule has 0 amide bonds. The standard InChI is InChI=1S/C21H17F3N4O5/c1-28(2)17-12(7-11(8-26-17)21(22,23)24)9-4-3-5-10(6-9)13-14(19(30)31)16(25)27-18(29)15(13)20(32)33/h3-8H,1-2H3,(H,30,31)(H,32,33)(H3,25,27,29). The van der Waals surface area contributed by atoms with Crippen molar-refractivity contribution in [3.8, 4) is 22.3 Å². The van der Waals surface area contributed by atoms with Crippen molar-refractivity contribution in [3.05, 3.63) is 63.6 Å². The maximum absolute atomic E-state index is 13.3. The molecule has 33 heavy (non-hydrogen) atoms. The molecule has 1 aromatic carbocycles. The molecule has 2 aromatic heterocycles. The van der Waals surface area contributed by atoms with Crippen LogP contribution >= 0.6 is 0 Å². The van der Waals surface area contributed by atoms with Gasteiger partial charge in [-0.3, -0.25) is 4.79 Å². The summed E-state index contributed by atoms with van der Waals surface area (Å²) < 4.78 is 39.9. The highest BCUT2D eigenvalue weighted by Crippen LogP contribution is 2.38. The molecule has 0 saturated carbocycles. The van der Waals surface area contributed by atoms with Gasteiger partial charge < -0.3 is 25.8 Å². The van der Waals surface area contributed by atoms with Crippen molar-refractivity contribution in [2.24, 2.45) is 0 Å². The molecule has 0 fully saturated rings. The molecule has 0 aliphatic carbocycles. The average Bonchev–Trinajstić information content (AvgIpc) is 2.71. The highest BCUT2D eigenvalue weighted by Gasteiger charge is 2.32. The van der Waals surface area contributed by atoms with E-state index in [0.717, 1.165) is 6.07 Å². The molecule has 0 bridgehead atoms. The number of nitrogens with two attached hydrogens (primary N) is 1. The zero-order valence-electron chi connectivity index (χ0n) is 17.2. The third kappa shape index (κ3) is 4.35. The molecule has 12 heteroatoms. The van der Waals surface area contributed by atoms with Gasteiger partial charge >= 0.3 is 18.1 Å². The van der Waals surface area contributed by atoms with Crippen LogP contribution in [0.15, 0.2) is 41.3 Å². The van der Waals surface area contributed by atoms with Gasteiger partial charge in [-0.2, -0.15) is 13.2 Å². The predicted octanol–water partition coefficient (Wildman–Crippen LogP) is 3.17. The van der Waals surface area contributed by atoms with Crippen molar-refractivity contribution in [3.63, 3.8) is 0 Å². The normalized spacial score (nSPS) is 11.3. The van der Waals surface area contributed by atoms with Crippen molar-refractivity contribution in [2.75, 3.05) is 24.7 Å². The third-order valence-electron chi connectivity index (χ3n) is 4.75. The summed E-state index contributed by atoms with van der Waals surface area (Å²) >= 11 is 0. The smallest absolute Gasteiger partial charge is 0.417 e. The lowest BCUT2D eigenvalue weighted by Gasteiger charge is -2.19. The number of benzene rings is 1. The highest BCUT2D eigenvalue weighted by molar-refractivity contribution is 6.07. The maximum Gasteiger partial charge on any atom is 0.417 e. The second-order valence-corrected chi connectivity index (χ2v) is 7.17. The molecule has 3 aromatic rings. The van der Waals surface area contributed by atoms with Crippen molar-refractivity contribution in [2.45, 2.75) is 6.18 Å². The van der Waals surface area contributed by atoms with Crippen molar-refractivity contribution in [1.82, 2.24) is 9.97 Å². The molecule has 0 atom stereocenters. The Morgan fingerprint density at radius 2 is 1.67 bits per heavy atom. The molecule has 2 heterocycles. The summed E-state index contributed by atoms with van der Waals surface area (Å²) in [6.45, 7) is 0. The summed E-state index contributed by atoms with van der Waals surface area (Å²) in [5.41, 5.74) is 1.72. The van der Waals surface area contributed by atoms with Crippen LogP contribution in [-0.4, -0.2) is 46.2 Å². The Morgan fingerprint density at radius 3 is 2.21 bits per heavy atom. The number of nitrogens with zero attached hydrogens (tertiary/aromatic N) is 2. The fourth-order valence-corrected chi connectivity index (χ4v) is 3.36. The van der Waals surface area contributed by atoms with Crippen LogP contribution in [-0.2, 0) is 6.18 Å². The maximum atomic E-state index is 13.3. The van der Waals surface area contributed by atoms with Crippen LogP contribution in [0.4, 0.5) is 24.8 Å². The van der Waals surface area contributed by atoms with Crippen LogP contribution < -0.4 is 16.2 Å². The zero-order chi connectivity index (χ0) is 24.7. The number of hydrogen-bond donors (Lipinski definition) is 4. The van der Waals surface area contributed by atoms with E-state index in [2.05, 4.69) is 4.98 Å². The number of nitrogen functional groups attached to an aromatic ring is 1. The van der Waals surface area contributed by atoms with Crippen molar-refractivity contribution in [1.29, 1.82) is 0 Å². The number of nitrogens with one attached hydrogen (secondary N) is 1. The second kappa shape index (κ2) is 8.30. The van der Waals surface area contributed by atoms with Gasteiger partial charge in [0, 0.05) is 31.4 Å². The van der Waals surface area contributed by atoms with Gasteiger partial charge in [-0.15, -0.1) is 0 Å². The summed E-state index contributed by atoms with van der Waals surface area (Å²) in [7, 11) is 3.15. The monoisotopic (exact) mass is 462 g/mol. The minimum Gasteiger partial charge on any atom is -0.478 e. The molecular weight excluding hydrogens is 445 g/mol. The van der Waals surface area contributed by atoms with E-state index in [4.69, 9.17) is 5.73 Å². The number of hydrogen-bond acceptors (Lipinski definition) is 6. The Bertz CT molecular complexity index is 1330. The van der Waals surface area contributed by atoms with Crippen LogP contribution in [0.2, 0.25) is 0 Å². The molecule has 9 nitrogen and oxygen atoms in total. The number of carboxylic acid groups (broad SMARTS) is 2. The molecule has 5 N–H and O–H groups in total. The van der Waals surface area contributed by atoms with Crippen LogP contribution in [0.3, 0.4) is 0 Å². The summed E-state index contributed by atoms with van der Waals surface area (Å²) in [6.07, 6.45) is -3.98. The third-order valence-corrected chi connectivity index (χ3v) is 4.75. The summed E-state index contributed by atoms with van der Waals surface area (Å²) in [6, 6.07) is 6.32. The first kappa shape index (κ1) is 23.3. The van der Waals surface area contributed by atoms with E-state index >= 15 is 0 Å². The molecule has 0 aliphatic heterocycles. The Hall–Kier alpha value is -4.35. The SMILES string of the molecule is CN(C)c1ncc(C(F)(F)F)cc1-c1cccc(-c2c(C(=O)O)c(N)[nH]c(=O)c2C(=O)O)c1. The number of H-pyrrole nitrogens is 1. The van der Waals surface area contributed by atoms with Gasteiger partial charge in [-0.1, -0.05) is 18.2 Å². The Morgan fingerprint density at radius 1 is 1.06 bits per heavy atom. The summed E-state index contributed by atoms with van der Waals surface area (Å²) in [5, 5.41) is 19.1. The minimum atomic E-state index is -4.67. The number of carboxylic acids is 2. The lowest BCUT2D eigenvalue weighted by molar-refractivity contribution is -0.137. The molecule has 0 spiro atoms. The molecule has 0 radical (unpaired) electrons. The molecule has 172 valence electrons. The first-order chi connectivity index (χ1) is 15.3. The fourth-order valence-electron chi connectivity index (χ4n) is 3.36. The number of rotatable bonds is 5. The topological polar surface area (TPSA) is 150 Å². The van der Waals surface area contributed by atoms with E-state index in [-0.39, 0.29) is 22.5 Å². The Balaban J connectivity index is 2.37. The number of alkyl halides is 3. The number of halogens is 3. The van der Waals surface area contributed by atoms with Gasteiger partial charge in [0.25, 0.3) is 5.56 Å². The first-order valence-corrected chi connectivity index (χ1v) is 9.20. The van der Waals surface area contributed by atoms with Crippen LogP contribution in [0, 0.1) is 0 Å². The van der Waals surface area contributed by atoms with Gasteiger partial charge in [0.2, 0.25) is 0 Å². The van der Waals surface area contributed by atoms with Gasteiger partial charge in [0.15, 0.2) is 0 Å². The van der Waals surface area contributed by atoms with E-state index in [1.807, 2.05) is 4.98 Å². The van der Waals surface area contributed by atoms with Crippen LogP contribution in [0.1, 0.15) is 26.3 Å². The zero-order valence-corrected chi connectivity index (χ0v) is 17.2. The predicted molar refractivity (Wildman–Crippen MR) is 113 cm³/mol. The largest absolute Gasteiger partial charge is 0.478 e. The number of aromatic nitrogens is 2. The van der Waals surface area contributed by atoms with Crippen molar-refractivity contribution >= 4 is 23.6 Å². The molecular formula is C21H17F3N4O5. The molecule has 0 unspecified atom stereocenters. The Labute approximate surface area is 183 Å². The summed E-state index contributed by atoms with van der Waals surface area (Å²) in [4.78, 5) is 43.2. The number of aromatic carboxylic acids is 2. The highest BCUT2D eigenvalue weighted by atomic mass is 19.4. The van der Waals surface area contributed by atoms with Crippen LogP contribution in [0.25, 0.3) is 22.3 Å². The fraction of sp³-hybridized carbons (Fsp3) is 0.143. The average molecular weight is 462 g/mol. The first-order valence-electron chi connectivity index (χ1n) is 9.20. The Kier molecular flexibility index (Phi) is 5.86. The number of anilines is 2. The van der Waals surface area contributed by atoms with Gasteiger partial charge in [0.1, 0.15) is 22.8 Å². The number of aromatic amines is 1. The molecule has 3 rings (SSSR count). The number of pyridine rings is 2.